The van der Waals surface area contributed by atoms with Crippen LogP contribution in [-0.2, 0) is 18.6 Å². The first kappa shape index (κ1) is 16.7. The summed E-state index contributed by atoms with van der Waals surface area (Å²) in [7, 11) is -4.46. The van der Waals surface area contributed by atoms with Gasteiger partial charge in [0.15, 0.2) is 0 Å². The van der Waals surface area contributed by atoms with Gasteiger partial charge in [-0.1, -0.05) is 6.58 Å². The minimum Gasteiger partial charge on any atom is -1.00 e. The van der Waals surface area contributed by atoms with Crippen LogP contribution < -0.4 is 29.6 Å². The van der Waals surface area contributed by atoms with Gasteiger partial charge in [-0.3, -0.25) is 4.52 Å². The molecule has 78 valence electrons. The van der Waals surface area contributed by atoms with Crippen molar-refractivity contribution >= 4 is 13.8 Å². The minimum atomic E-state index is -4.46. The minimum absolute atomic E-state index is 0. The van der Waals surface area contributed by atoms with Gasteiger partial charge in [0.25, 0.3) is 0 Å². The molecule has 0 radical (unpaired) electrons. The Morgan fingerprint density at radius 1 is 1.50 bits per heavy atom. The Labute approximate surface area is 105 Å². The summed E-state index contributed by atoms with van der Waals surface area (Å²) in [4.78, 5) is 27.1. The molecule has 0 aromatic rings. The van der Waals surface area contributed by atoms with Crippen molar-refractivity contribution in [2.75, 3.05) is 13.2 Å². The molecule has 8 heteroatoms. The van der Waals surface area contributed by atoms with Gasteiger partial charge in [-0.15, -0.1) is 0 Å². The quantitative estimate of drug-likeness (QED) is 0.177. The fourth-order valence-electron chi connectivity index (χ4n) is 0.414. The Hall–Kier alpha value is 0.320. The number of hydrogen-bond acceptors (Lipinski definition) is 4. The molecule has 0 heterocycles. The van der Waals surface area contributed by atoms with E-state index in [4.69, 9.17) is 9.79 Å². The topological polar surface area (TPSA) is 93.1 Å². The molecule has 0 unspecified atom stereocenters. The van der Waals surface area contributed by atoms with Crippen molar-refractivity contribution in [3.05, 3.63) is 12.2 Å². The van der Waals surface area contributed by atoms with Crippen LogP contribution in [0, 0.1) is 0 Å². The number of esters is 1. The van der Waals surface area contributed by atoms with Gasteiger partial charge >= 0.3 is 43.3 Å². The first-order chi connectivity index (χ1) is 5.83. The van der Waals surface area contributed by atoms with Gasteiger partial charge in [-0.05, 0) is 6.92 Å². The number of hydrogen-bond donors (Lipinski definition) is 2. The summed E-state index contributed by atoms with van der Waals surface area (Å²) in [5.41, 5.74) is 0.219. The van der Waals surface area contributed by atoms with Crippen molar-refractivity contribution in [2.24, 2.45) is 0 Å². The smallest absolute Gasteiger partial charge is 1.00 e. The predicted molar refractivity (Wildman–Crippen MR) is 44.9 cm³/mol. The average molecular weight is 234 g/mol. The second kappa shape index (κ2) is 7.59. The maximum absolute atomic E-state index is 10.7. The third-order valence-corrected chi connectivity index (χ3v) is 1.44. The zero-order valence-electron chi connectivity index (χ0n) is 9.10. The summed E-state index contributed by atoms with van der Waals surface area (Å²) < 4.78 is 18.6. The van der Waals surface area contributed by atoms with Crippen LogP contribution >= 0.6 is 7.82 Å². The first-order valence-corrected chi connectivity index (χ1v) is 4.88. The summed E-state index contributed by atoms with van der Waals surface area (Å²) in [6, 6.07) is 0. The van der Waals surface area contributed by atoms with Crippen LogP contribution in [-0.4, -0.2) is 29.0 Å². The molecule has 0 fully saturated rings. The number of rotatable bonds is 5. The van der Waals surface area contributed by atoms with E-state index in [1.807, 2.05) is 0 Å². The third-order valence-electron chi connectivity index (χ3n) is 0.924. The van der Waals surface area contributed by atoms with E-state index in [0.717, 1.165) is 0 Å². The molecule has 0 aromatic heterocycles. The van der Waals surface area contributed by atoms with Crippen molar-refractivity contribution in [2.45, 2.75) is 6.92 Å². The summed E-state index contributed by atoms with van der Waals surface area (Å²) in [5, 5.41) is 0. The van der Waals surface area contributed by atoms with Crippen molar-refractivity contribution in [1.82, 2.24) is 0 Å². The fourth-order valence-corrected chi connectivity index (χ4v) is 0.726. The number of carbonyl (C=O) groups excluding carboxylic acids is 1. The maximum atomic E-state index is 10.7. The third kappa shape index (κ3) is 10.4. The monoisotopic (exact) mass is 234 g/mol. The Morgan fingerprint density at radius 3 is 2.36 bits per heavy atom. The SMILES string of the molecule is C=C(C)C(=O)OCCOP(=O)(O)O.[H-].[Na+]. The molecule has 0 amide bonds. The molecule has 0 atom stereocenters. The molecule has 0 aliphatic carbocycles. The largest absolute Gasteiger partial charge is 1.00 e. The van der Waals surface area contributed by atoms with Gasteiger partial charge in [-0.25, -0.2) is 9.36 Å². The van der Waals surface area contributed by atoms with E-state index in [1.165, 1.54) is 6.92 Å². The molecular formula is C6H12NaO6P. The van der Waals surface area contributed by atoms with Crippen molar-refractivity contribution in [1.29, 1.82) is 0 Å². The number of phosphoric acid groups is 1. The molecule has 0 bridgehead atoms. The van der Waals surface area contributed by atoms with E-state index in [9.17, 15) is 9.36 Å². The molecule has 0 rings (SSSR count). The molecule has 0 aliphatic rings. The standard InChI is InChI=1S/C6H11O6P.Na.H/c1-5(2)6(7)11-3-4-12-13(8,9)10;;/h1,3-4H2,2H3,(H2,8,9,10);;/q;+1;-1. The molecule has 2 N–H and O–H groups in total. The molecule has 6 nitrogen and oxygen atoms in total. The van der Waals surface area contributed by atoms with Crippen molar-refractivity contribution < 1.29 is 59.4 Å². The number of ether oxygens (including phenoxy) is 1. The van der Waals surface area contributed by atoms with Gasteiger partial charge in [0.05, 0.1) is 6.61 Å². The zero-order chi connectivity index (χ0) is 10.5. The Kier molecular flexibility index (Phi) is 9.08. The normalized spacial score (nSPS) is 10.2. The van der Waals surface area contributed by atoms with Crippen LogP contribution in [0.4, 0.5) is 0 Å². The number of carbonyl (C=O) groups is 1. The molecular weight excluding hydrogens is 222 g/mol. The van der Waals surface area contributed by atoms with E-state index in [0.29, 0.717) is 0 Å². The number of phosphoric ester groups is 1. The van der Waals surface area contributed by atoms with Crippen LogP contribution in [0.5, 0.6) is 0 Å². The van der Waals surface area contributed by atoms with Gasteiger partial charge in [0.2, 0.25) is 0 Å². The molecule has 0 saturated carbocycles. The van der Waals surface area contributed by atoms with Crippen LogP contribution in [0.3, 0.4) is 0 Å². The Bertz CT molecular complexity index is 252. The second-order valence-corrected chi connectivity index (χ2v) is 3.48. The molecule has 0 aromatic carbocycles. The van der Waals surface area contributed by atoms with Crippen LogP contribution in [0.25, 0.3) is 0 Å². The van der Waals surface area contributed by atoms with Crippen molar-refractivity contribution in [3.63, 3.8) is 0 Å². The first-order valence-electron chi connectivity index (χ1n) is 3.35. The summed E-state index contributed by atoms with van der Waals surface area (Å²) in [5.74, 6) is -0.616. The summed E-state index contributed by atoms with van der Waals surface area (Å²) >= 11 is 0. The molecule has 0 spiro atoms. The second-order valence-electron chi connectivity index (χ2n) is 2.24. The molecule has 14 heavy (non-hydrogen) atoms. The van der Waals surface area contributed by atoms with Crippen LogP contribution in [0.1, 0.15) is 8.35 Å². The molecule has 0 saturated heterocycles. The van der Waals surface area contributed by atoms with Crippen LogP contribution in [0.2, 0.25) is 0 Å². The van der Waals surface area contributed by atoms with E-state index in [1.54, 1.807) is 0 Å². The van der Waals surface area contributed by atoms with E-state index >= 15 is 0 Å². The maximum Gasteiger partial charge on any atom is 1.00 e. The van der Waals surface area contributed by atoms with E-state index in [-0.39, 0.29) is 49.8 Å². The average Bonchev–Trinajstić information content (AvgIpc) is 1.95. The predicted octanol–water partition coefficient (Wildman–Crippen LogP) is -2.67. The summed E-state index contributed by atoms with van der Waals surface area (Å²) in [6.45, 7) is 4.22. The Morgan fingerprint density at radius 2 is 2.00 bits per heavy atom. The van der Waals surface area contributed by atoms with Gasteiger partial charge in [-0.2, -0.15) is 0 Å². The van der Waals surface area contributed by atoms with Gasteiger partial charge in [0.1, 0.15) is 6.61 Å². The van der Waals surface area contributed by atoms with Gasteiger partial charge < -0.3 is 16.0 Å². The summed E-state index contributed by atoms with van der Waals surface area (Å²) in [6.07, 6.45) is 0. The van der Waals surface area contributed by atoms with E-state index in [2.05, 4.69) is 15.8 Å². The molecule has 0 aliphatic heterocycles. The fraction of sp³-hybridized carbons (Fsp3) is 0.500. The zero-order valence-corrected chi connectivity index (χ0v) is 11.0. The van der Waals surface area contributed by atoms with Gasteiger partial charge in [0, 0.05) is 5.57 Å². The van der Waals surface area contributed by atoms with Crippen LogP contribution in [0.15, 0.2) is 12.2 Å². The van der Waals surface area contributed by atoms with Crippen molar-refractivity contribution in [3.8, 4) is 0 Å². The van der Waals surface area contributed by atoms with E-state index < -0.39 is 13.8 Å². The Balaban J connectivity index is -0.000000720.